The maximum atomic E-state index is 4.58. The molecule has 1 aromatic heterocycles. The molecule has 0 aliphatic heterocycles. The van der Waals surface area contributed by atoms with Crippen LogP contribution in [0.25, 0.3) is 65.3 Å². The Morgan fingerprint density at radius 1 is 0.486 bits per heavy atom. The minimum Gasteiger partial charge on any atom is -0.264 e. The van der Waals surface area contributed by atoms with Crippen molar-refractivity contribution in [3.63, 3.8) is 0 Å². The average molecular weight is 474 g/mol. The van der Waals surface area contributed by atoms with Crippen molar-refractivity contribution in [2.45, 2.75) is 19.8 Å². The number of pyridine rings is 1. The van der Waals surface area contributed by atoms with Crippen molar-refractivity contribution in [3.05, 3.63) is 127 Å². The fourth-order valence-corrected chi connectivity index (χ4v) is 5.77. The number of hydrogen-bond acceptors (Lipinski definition) is 1. The molecule has 0 spiro atoms. The molecule has 7 aromatic rings. The molecule has 0 aliphatic rings. The second-order valence-electron chi connectivity index (χ2n) is 10.3. The smallest absolute Gasteiger partial charge is 0.0353 e. The monoisotopic (exact) mass is 473 g/mol. The highest BCUT2D eigenvalue weighted by molar-refractivity contribution is 6.21. The molecule has 0 radical (unpaired) electrons. The van der Waals surface area contributed by atoms with Crippen LogP contribution >= 0.6 is 0 Å². The Balaban J connectivity index is 1.54. The van der Waals surface area contributed by atoms with Crippen molar-refractivity contribution in [1.82, 2.24) is 4.98 Å². The topological polar surface area (TPSA) is 12.9 Å². The summed E-state index contributed by atoms with van der Waals surface area (Å²) in [6, 6.07) is 40.1. The first-order valence-corrected chi connectivity index (χ1v) is 13.0. The van der Waals surface area contributed by atoms with E-state index in [9.17, 15) is 0 Å². The first kappa shape index (κ1) is 21.8. The molecule has 0 atom stereocenters. The number of nitrogens with zero attached hydrogens (tertiary/aromatic N) is 1. The summed E-state index contributed by atoms with van der Waals surface area (Å²) >= 11 is 0. The van der Waals surface area contributed by atoms with Crippen LogP contribution in [0.15, 0.2) is 122 Å². The first-order chi connectivity index (χ1) is 18.2. The van der Waals surface area contributed by atoms with Gasteiger partial charge in [-0.15, -0.1) is 0 Å². The van der Waals surface area contributed by atoms with Crippen LogP contribution in [0.3, 0.4) is 0 Å². The Bertz CT molecular complexity index is 1910. The number of rotatable bonds is 3. The molecule has 1 nitrogen and oxygen atoms in total. The molecule has 0 fully saturated rings. The van der Waals surface area contributed by atoms with Gasteiger partial charge in [0.1, 0.15) is 0 Å². The van der Waals surface area contributed by atoms with Crippen LogP contribution in [-0.2, 0) is 0 Å². The van der Waals surface area contributed by atoms with Crippen molar-refractivity contribution in [3.8, 4) is 22.3 Å². The molecular formula is C36H27N. The average Bonchev–Trinajstić information content (AvgIpc) is 2.95. The predicted molar refractivity (Wildman–Crippen MR) is 159 cm³/mol. The zero-order valence-electron chi connectivity index (χ0n) is 21.1. The van der Waals surface area contributed by atoms with Gasteiger partial charge in [-0.25, -0.2) is 0 Å². The molecule has 0 saturated heterocycles. The SMILES string of the molecule is CC(C)c1ccc2cc(-c3c4ccccc4c(-c4ccc5ccccc5c4)c4ccncc34)ccc2c1. The van der Waals surface area contributed by atoms with E-state index in [1.165, 1.54) is 70.9 Å². The van der Waals surface area contributed by atoms with Gasteiger partial charge in [-0.3, -0.25) is 4.98 Å². The summed E-state index contributed by atoms with van der Waals surface area (Å²) < 4.78 is 0. The van der Waals surface area contributed by atoms with Gasteiger partial charge in [-0.1, -0.05) is 105 Å². The minimum atomic E-state index is 0.519. The summed E-state index contributed by atoms with van der Waals surface area (Å²) in [5, 5.41) is 10.00. The van der Waals surface area contributed by atoms with Crippen LogP contribution in [0.1, 0.15) is 25.3 Å². The van der Waals surface area contributed by atoms with Crippen molar-refractivity contribution in [2.75, 3.05) is 0 Å². The van der Waals surface area contributed by atoms with Crippen molar-refractivity contribution in [2.24, 2.45) is 0 Å². The van der Waals surface area contributed by atoms with Crippen molar-refractivity contribution >= 4 is 43.1 Å². The number of fused-ring (bicyclic) bond motifs is 4. The number of aromatic nitrogens is 1. The van der Waals surface area contributed by atoms with Gasteiger partial charge in [-0.05, 0) is 89.6 Å². The van der Waals surface area contributed by atoms with Crippen LogP contribution in [0.2, 0.25) is 0 Å². The fraction of sp³-hybridized carbons (Fsp3) is 0.0833. The Labute approximate surface area is 217 Å². The summed E-state index contributed by atoms with van der Waals surface area (Å²) in [5.74, 6) is 0.519. The third-order valence-electron chi connectivity index (χ3n) is 7.68. The van der Waals surface area contributed by atoms with Crippen molar-refractivity contribution < 1.29 is 0 Å². The Hall–Kier alpha value is -4.49. The molecule has 0 aliphatic carbocycles. The van der Waals surface area contributed by atoms with E-state index in [-0.39, 0.29) is 0 Å². The molecule has 37 heavy (non-hydrogen) atoms. The number of hydrogen-bond donors (Lipinski definition) is 0. The van der Waals surface area contributed by atoms with Gasteiger partial charge in [0.15, 0.2) is 0 Å². The molecule has 1 heteroatoms. The van der Waals surface area contributed by atoms with E-state index >= 15 is 0 Å². The summed E-state index contributed by atoms with van der Waals surface area (Å²) in [6.45, 7) is 4.50. The van der Waals surface area contributed by atoms with E-state index in [0.29, 0.717) is 5.92 Å². The zero-order chi connectivity index (χ0) is 24.9. The predicted octanol–water partition coefficient (Wildman–Crippen LogP) is 10.2. The largest absolute Gasteiger partial charge is 0.264 e. The minimum absolute atomic E-state index is 0.519. The van der Waals surface area contributed by atoms with E-state index in [1.54, 1.807) is 0 Å². The van der Waals surface area contributed by atoms with Gasteiger partial charge >= 0.3 is 0 Å². The molecule has 7 rings (SSSR count). The molecule has 176 valence electrons. The van der Waals surface area contributed by atoms with Crippen molar-refractivity contribution in [1.29, 1.82) is 0 Å². The van der Waals surface area contributed by atoms with Gasteiger partial charge in [0, 0.05) is 17.8 Å². The number of benzene rings is 6. The summed E-state index contributed by atoms with van der Waals surface area (Å²) in [6.07, 6.45) is 3.95. The molecule has 1 heterocycles. The second-order valence-corrected chi connectivity index (χ2v) is 10.3. The van der Waals surface area contributed by atoms with Gasteiger partial charge in [0.2, 0.25) is 0 Å². The van der Waals surface area contributed by atoms with Gasteiger partial charge in [0.25, 0.3) is 0 Å². The summed E-state index contributed by atoms with van der Waals surface area (Å²) in [7, 11) is 0. The van der Waals surface area contributed by atoms with E-state index < -0.39 is 0 Å². The summed E-state index contributed by atoms with van der Waals surface area (Å²) in [5.41, 5.74) is 6.35. The van der Waals surface area contributed by atoms with Gasteiger partial charge in [-0.2, -0.15) is 0 Å². The lowest BCUT2D eigenvalue weighted by atomic mass is 9.86. The lowest BCUT2D eigenvalue weighted by Crippen LogP contribution is -1.92. The second kappa shape index (κ2) is 8.57. The molecule has 0 saturated carbocycles. The zero-order valence-corrected chi connectivity index (χ0v) is 21.1. The van der Waals surface area contributed by atoms with Crippen LogP contribution < -0.4 is 0 Å². The molecule has 0 unspecified atom stereocenters. The third-order valence-corrected chi connectivity index (χ3v) is 7.68. The molecule has 0 bridgehead atoms. The van der Waals surface area contributed by atoms with E-state index in [0.717, 1.165) is 0 Å². The van der Waals surface area contributed by atoms with Crippen LogP contribution in [0.5, 0.6) is 0 Å². The summed E-state index contributed by atoms with van der Waals surface area (Å²) in [4.78, 5) is 4.58. The standard InChI is InChI=1S/C36H27N/c1-23(2)25-12-13-28-21-30(16-14-27(28)19-25)36-32-10-6-5-9-31(32)35(33-17-18-37-22-34(33)36)29-15-11-24-7-3-4-8-26(24)20-29/h3-23H,1-2H3. The molecule has 0 N–H and O–H groups in total. The van der Waals surface area contributed by atoms with Gasteiger partial charge < -0.3 is 0 Å². The Kier molecular flexibility index (Phi) is 5.04. The Morgan fingerprint density at radius 3 is 1.76 bits per heavy atom. The fourth-order valence-electron chi connectivity index (χ4n) is 5.77. The molecular weight excluding hydrogens is 446 g/mol. The lowest BCUT2D eigenvalue weighted by Gasteiger charge is -2.18. The highest BCUT2D eigenvalue weighted by atomic mass is 14.6. The first-order valence-electron chi connectivity index (χ1n) is 13.0. The van der Waals surface area contributed by atoms with E-state index in [2.05, 4.69) is 128 Å². The van der Waals surface area contributed by atoms with Crippen LogP contribution in [0, 0.1) is 0 Å². The quantitative estimate of drug-likeness (QED) is 0.233. The lowest BCUT2D eigenvalue weighted by molar-refractivity contribution is 0.869. The maximum Gasteiger partial charge on any atom is 0.0353 e. The highest BCUT2D eigenvalue weighted by Gasteiger charge is 2.17. The molecule has 6 aromatic carbocycles. The van der Waals surface area contributed by atoms with Crippen LogP contribution in [-0.4, -0.2) is 4.98 Å². The van der Waals surface area contributed by atoms with E-state index in [1.807, 2.05) is 12.4 Å². The highest BCUT2D eigenvalue weighted by Crippen LogP contribution is 2.44. The molecule has 0 amide bonds. The van der Waals surface area contributed by atoms with E-state index in [4.69, 9.17) is 0 Å². The normalized spacial score (nSPS) is 11.8. The Morgan fingerprint density at radius 2 is 1.03 bits per heavy atom. The third kappa shape index (κ3) is 3.58. The van der Waals surface area contributed by atoms with Gasteiger partial charge in [0.05, 0.1) is 0 Å². The van der Waals surface area contributed by atoms with Crippen LogP contribution in [0.4, 0.5) is 0 Å². The maximum absolute atomic E-state index is 4.58.